The Morgan fingerprint density at radius 2 is 2.32 bits per heavy atom. The summed E-state index contributed by atoms with van der Waals surface area (Å²) in [6.45, 7) is 2.88. The van der Waals surface area contributed by atoms with E-state index in [0.29, 0.717) is 5.92 Å². The highest BCUT2D eigenvalue weighted by atomic mass is 16.1. The van der Waals surface area contributed by atoms with Gasteiger partial charge in [0.1, 0.15) is 0 Å². The van der Waals surface area contributed by atoms with Gasteiger partial charge in [-0.2, -0.15) is 0 Å². The van der Waals surface area contributed by atoms with Crippen molar-refractivity contribution in [2.24, 2.45) is 5.92 Å². The molecule has 1 aliphatic rings. The molecule has 1 unspecified atom stereocenters. The molecule has 0 aliphatic carbocycles. The van der Waals surface area contributed by atoms with E-state index in [1.165, 1.54) is 12.8 Å². The second-order valence-corrected chi connectivity index (χ2v) is 5.37. The number of benzene rings is 1. The van der Waals surface area contributed by atoms with Crippen molar-refractivity contribution in [3.05, 3.63) is 29.8 Å². The molecule has 1 heterocycles. The average molecular weight is 261 g/mol. The molecule has 0 radical (unpaired) electrons. The first kappa shape index (κ1) is 13.9. The highest BCUT2D eigenvalue weighted by Gasteiger charge is 2.14. The van der Waals surface area contributed by atoms with Gasteiger partial charge < -0.3 is 15.5 Å². The van der Waals surface area contributed by atoms with Gasteiger partial charge in [0.25, 0.3) is 5.91 Å². The number of rotatable bonds is 4. The Balaban J connectivity index is 1.90. The molecule has 0 spiro atoms. The van der Waals surface area contributed by atoms with E-state index in [2.05, 4.69) is 10.6 Å². The molecule has 1 saturated heterocycles. The molecule has 2 rings (SSSR count). The van der Waals surface area contributed by atoms with Gasteiger partial charge in [0.2, 0.25) is 0 Å². The number of hydrogen-bond donors (Lipinski definition) is 2. The maximum Gasteiger partial charge on any atom is 0.251 e. The number of piperidine rings is 1. The van der Waals surface area contributed by atoms with E-state index in [4.69, 9.17) is 0 Å². The third-order valence-corrected chi connectivity index (χ3v) is 3.57. The quantitative estimate of drug-likeness (QED) is 0.863. The van der Waals surface area contributed by atoms with Crippen LogP contribution < -0.4 is 15.5 Å². The molecule has 19 heavy (non-hydrogen) atoms. The van der Waals surface area contributed by atoms with Gasteiger partial charge in [0.15, 0.2) is 0 Å². The molecular formula is C15H23N3O. The number of anilines is 1. The fourth-order valence-corrected chi connectivity index (χ4v) is 2.36. The molecule has 1 amide bonds. The zero-order valence-corrected chi connectivity index (χ0v) is 11.8. The topological polar surface area (TPSA) is 44.4 Å². The van der Waals surface area contributed by atoms with E-state index >= 15 is 0 Å². The van der Waals surface area contributed by atoms with Gasteiger partial charge in [-0.3, -0.25) is 4.79 Å². The molecule has 1 atom stereocenters. The summed E-state index contributed by atoms with van der Waals surface area (Å²) in [7, 11) is 3.95. The molecule has 0 aromatic heterocycles. The van der Waals surface area contributed by atoms with E-state index < -0.39 is 0 Å². The van der Waals surface area contributed by atoms with Crippen molar-refractivity contribution >= 4 is 11.6 Å². The second kappa shape index (κ2) is 6.57. The third kappa shape index (κ3) is 3.96. The monoisotopic (exact) mass is 261 g/mol. The van der Waals surface area contributed by atoms with Crippen LogP contribution in [0.4, 0.5) is 5.69 Å². The number of hydrogen-bond acceptors (Lipinski definition) is 3. The first-order valence-electron chi connectivity index (χ1n) is 6.93. The number of carbonyl (C=O) groups excluding carboxylic acids is 1. The van der Waals surface area contributed by atoms with E-state index in [-0.39, 0.29) is 5.91 Å². The lowest BCUT2D eigenvalue weighted by Crippen LogP contribution is -2.38. The second-order valence-electron chi connectivity index (χ2n) is 5.37. The summed E-state index contributed by atoms with van der Waals surface area (Å²) in [6, 6.07) is 7.71. The largest absolute Gasteiger partial charge is 0.378 e. The predicted octanol–water partition coefficient (Wildman–Crippen LogP) is 1.48. The molecule has 0 bridgehead atoms. The highest BCUT2D eigenvalue weighted by molar-refractivity contribution is 5.95. The van der Waals surface area contributed by atoms with Crippen LogP contribution in [0.25, 0.3) is 0 Å². The van der Waals surface area contributed by atoms with Crippen LogP contribution in [0, 0.1) is 5.92 Å². The van der Waals surface area contributed by atoms with Crippen LogP contribution in [-0.4, -0.2) is 39.6 Å². The maximum absolute atomic E-state index is 12.1. The highest BCUT2D eigenvalue weighted by Crippen LogP contribution is 2.14. The molecular weight excluding hydrogens is 238 g/mol. The van der Waals surface area contributed by atoms with Crippen LogP contribution in [0.1, 0.15) is 23.2 Å². The van der Waals surface area contributed by atoms with Crippen LogP contribution in [0.3, 0.4) is 0 Å². The fraction of sp³-hybridized carbons (Fsp3) is 0.533. The number of carbonyl (C=O) groups is 1. The van der Waals surface area contributed by atoms with Crippen LogP contribution in [-0.2, 0) is 0 Å². The van der Waals surface area contributed by atoms with Crippen molar-refractivity contribution in [3.63, 3.8) is 0 Å². The molecule has 2 N–H and O–H groups in total. The summed E-state index contributed by atoms with van der Waals surface area (Å²) in [5.74, 6) is 0.587. The Bertz CT molecular complexity index is 425. The van der Waals surface area contributed by atoms with Gasteiger partial charge in [-0.1, -0.05) is 6.07 Å². The van der Waals surface area contributed by atoms with Gasteiger partial charge in [0, 0.05) is 31.9 Å². The molecule has 104 valence electrons. The SMILES string of the molecule is CN(C)c1cccc(C(=O)NCC2CCCNC2)c1. The Morgan fingerprint density at radius 3 is 3.00 bits per heavy atom. The van der Waals surface area contributed by atoms with E-state index in [1.807, 2.05) is 43.3 Å². The molecule has 1 fully saturated rings. The lowest BCUT2D eigenvalue weighted by molar-refractivity contribution is 0.0945. The molecule has 1 aliphatic heterocycles. The van der Waals surface area contributed by atoms with Gasteiger partial charge >= 0.3 is 0 Å². The standard InChI is InChI=1S/C15H23N3O/c1-18(2)14-7-3-6-13(9-14)15(19)17-11-12-5-4-8-16-10-12/h3,6-7,9,12,16H,4-5,8,10-11H2,1-2H3,(H,17,19). The normalized spacial score (nSPS) is 18.9. The summed E-state index contributed by atoms with van der Waals surface area (Å²) in [6.07, 6.45) is 2.40. The van der Waals surface area contributed by atoms with Gasteiger partial charge in [0.05, 0.1) is 0 Å². The van der Waals surface area contributed by atoms with Crippen LogP contribution in [0.5, 0.6) is 0 Å². The van der Waals surface area contributed by atoms with Crippen molar-refractivity contribution in [1.29, 1.82) is 0 Å². The first-order chi connectivity index (χ1) is 9.16. The lowest BCUT2D eigenvalue weighted by Gasteiger charge is -2.23. The maximum atomic E-state index is 12.1. The van der Waals surface area contributed by atoms with Crippen molar-refractivity contribution in [1.82, 2.24) is 10.6 Å². The Hall–Kier alpha value is -1.55. The fourth-order valence-electron chi connectivity index (χ4n) is 2.36. The molecule has 4 nitrogen and oxygen atoms in total. The summed E-state index contributed by atoms with van der Waals surface area (Å²) >= 11 is 0. The minimum absolute atomic E-state index is 0.0225. The minimum atomic E-state index is 0.0225. The van der Waals surface area contributed by atoms with Gasteiger partial charge in [-0.05, 0) is 50.0 Å². The molecule has 0 saturated carbocycles. The van der Waals surface area contributed by atoms with Crippen LogP contribution in [0.15, 0.2) is 24.3 Å². The smallest absolute Gasteiger partial charge is 0.251 e. The average Bonchev–Trinajstić information content (AvgIpc) is 2.46. The van der Waals surface area contributed by atoms with Crippen molar-refractivity contribution in [2.45, 2.75) is 12.8 Å². The zero-order valence-electron chi connectivity index (χ0n) is 11.8. The van der Waals surface area contributed by atoms with E-state index in [0.717, 1.165) is 30.9 Å². The van der Waals surface area contributed by atoms with Crippen molar-refractivity contribution in [2.75, 3.05) is 38.6 Å². The van der Waals surface area contributed by atoms with Crippen molar-refractivity contribution < 1.29 is 4.79 Å². The van der Waals surface area contributed by atoms with E-state index in [9.17, 15) is 4.79 Å². The Morgan fingerprint density at radius 1 is 1.47 bits per heavy atom. The molecule has 1 aromatic carbocycles. The van der Waals surface area contributed by atoms with Crippen molar-refractivity contribution in [3.8, 4) is 0 Å². The number of nitrogens with one attached hydrogen (secondary N) is 2. The summed E-state index contributed by atoms with van der Waals surface area (Å²) in [5.41, 5.74) is 1.78. The lowest BCUT2D eigenvalue weighted by atomic mass is 9.99. The van der Waals surface area contributed by atoms with Gasteiger partial charge in [-0.25, -0.2) is 0 Å². The zero-order chi connectivity index (χ0) is 13.7. The number of nitrogens with zero attached hydrogens (tertiary/aromatic N) is 1. The predicted molar refractivity (Wildman–Crippen MR) is 78.7 cm³/mol. The van der Waals surface area contributed by atoms with Gasteiger partial charge in [-0.15, -0.1) is 0 Å². The minimum Gasteiger partial charge on any atom is -0.378 e. The van der Waals surface area contributed by atoms with E-state index in [1.54, 1.807) is 0 Å². The first-order valence-corrected chi connectivity index (χ1v) is 6.93. The summed E-state index contributed by atoms with van der Waals surface area (Å²) in [5, 5.41) is 6.40. The van der Waals surface area contributed by atoms with Crippen LogP contribution >= 0.6 is 0 Å². The number of amides is 1. The summed E-state index contributed by atoms with van der Waals surface area (Å²) < 4.78 is 0. The van der Waals surface area contributed by atoms with Crippen LogP contribution in [0.2, 0.25) is 0 Å². The Labute approximate surface area is 115 Å². The Kier molecular flexibility index (Phi) is 4.80. The molecule has 4 heteroatoms. The third-order valence-electron chi connectivity index (χ3n) is 3.57. The summed E-state index contributed by atoms with van der Waals surface area (Å²) in [4.78, 5) is 14.1. The molecule has 1 aromatic rings.